The zero-order valence-corrected chi connectivity index (χ0v) is 29.5. The van der Waals surface area contributed by atoms with Gasteiger partial charge in [-0.05, 0) is 0 Å². The Morgan fingerprint density at radius 2 is 0.625 bits per heavy atom. The molecular formula is C22H36O20S6. The molecule has 0 aromatic heterocycles. The fourth-order valence-electron chi connectivity index (χ4n) is 2.76. The van der Waals surface area contributed by atoms with Gasteiger partial charge in [-0.1, -0.05) is 0 Å². The number of carboxylic acids is 6. The van der Waals surface area contributed by atoms with E-state index >= 15 is 0 Å². The third kappa shape index (κ3) is 16.1. The van der Waals surface area contributed by atoms with E-state index < -0.39 is 129 Å². The number of thioether (sulfide) groups is 4. The molecule has 48 heavy (non-hydrogen) atoms. The van der Waals surface area contributed by atoms with Crippen LogP contribution in [0.5, 0.6) is 0 Å². The van der Waals surface area contributed by atoms with E-state index in [0.29, 0.717) is 0 Å². The summed E-state index contributed by atoms with van der Waals surface area (Å²) in [6, 6.07) is 0. The van der Waals surface area contributed by atoms with Gasteiger partial charge in [-0.2, -0.15) is 0 Å². The molecule has 0 unspecified atom stereocenters. The van der Waals surface area contributed by atoms with E-state index in [0.717, 1.165) is 0 Å². The first kappa shape index (κ1) is 48.7. The lowest BCUT2D eigenvalue weighted by Crippen LogP contribution is -2.62. The molecule has 0 aromatic carbocycles. The lowest BCUT2D eigenvalue weighted by molar-refractivity contribution is -0.135. The molecule has 0 spiro atoms. The van der Waals surface area contributed by atoms with Crippen LogP contribution in [0.15, 0.2) is 0 Å². The van der Waals surface area contributed by atoms with Crippen molar-refractivity contribution in [3.63, 3.8) is 0 Å². The van der Waals surface area contributed by atoms with Crippen molar-refractivity contribution in [3.05, 3.63) is 0 Å². The molecule has 0 aliphatic rings. The van der Waals surface area contributed by atoms with Crippen molar-refractivity contribution in [1.29, 1.82) is 0 Å². The Balaban J connectivity index is 0. The maximum absolute atomic E-state index is 11.5. The topological polar surface area (TPSA) is 364 Å². The first-order chi connectivity index (χ1) is 22.4. The van der Waals surface area contributed by atoms with Gasteiger partial charge in [-0.25, -0.2) is 0 Å². The Kier molecular flexibility index (Phi) is 25.1. The fraction of sp³-hybridized carbons (Fsp3) is 0.727. The number of aliphatic hydroxyl groups is 6. The summed E-state index contributed by atoms with van der Waals surface area (Å²) < 4.78 is 6.29. The number of aliphatic hydroxyl groups excluding tert-OH is 6. The Morgan fingerprint density at radius 3 is 0.771 bits per heavy atom. The van der Waals surface area contributed by atoms with Crippen LogP contribution in [-0.4, -0.2) is 180 Å². The molecule has 0 bridgehead atoms. The van der Waals surface area contributed by atoms with Crippen molar-refractivity contribution in [2.24, 2.45) is 10.8 Å². The van der Waals surface area contributed by atoms with Gasteiger partial charge < -0.3 is 61.3 Å². The van der Waals surface area contributed by atoms with E-state index in [2.05, 4.69) is 0 Å². The molecule has 26 heteroatoms. The standard InChI is InChI=1S/C17H24O16S6.C5H12O4/c18-7-15(8-19,16(34-1-9(20)21,35-2-10(22)23)32-38-5-13(28)29)17(36-3-11(24)25,37-4-12(26)27)33-39-6-14(30)31;6-1-5(2-7,3-8)4-9/h18-19H,1-8H2,(H,20,21)(H,22,23)(H,24,25)(H,26,27)(H,28,29)(H,30,31);6-9H,1-4H2. The molecule has 0 aromatic rings. The minimum atomic E-state index is -2.53. The van der Waals surface area contributed by atoms with Gasteiger partial charge in [0.25, 0.3) is 0 Å². The summed E-state index contributed by atoms with van der Waals surface area (Å²) in [5, 5.41) is 111. The molecule has 0 amide bonds. The second kappa shape index (κ2) is 24.7. The number of aliphatic carboxylic acids is 6. The molecule has 20 nitrogen and oxygen atoms in total. The number of hydrogen-bond donors (Lipinski definition) is 12. The molecule has 280 valence electrons. The predicted octanol–water partition coefficient (Wildman–Crippen LogP) is -2.02. The lowest BCUT2D eigenvalue weighted by atomic mass is 9.90. The smallest absolute Gasteiger partial charge is 0.315 e. The van der Waals surface area contributed by atoms with Gasteiger partial charge in [0.1, 0.15) is 16.9 Å². The lowest BCUT2D eigenvalue weighted by Gasteiger charge is -2.54. The van der Waals surface area contributed by atoms with E-state index in [-0.39, 0.29) is 71.1 Å². The van der Waals surface area contributed by atoms with Crippen LogP contribution >= 0.6 is 71.1 Å². The van der Waals surface area contributed by atoms with Gasteiger partial charge >= 0.3 is 35.8 Å². The largest absolute Gasteiger partial charge is 0.481 e. The maximum Gasteiger partial charge on any atom is 0.315 e. The molecule has 0 saturated carbocycles. The van der Waals surface area contributed by atoms with Crippen LogP contribution in [-0.2, 0) is 37.1 Å². The van der Waals surface area contributed by atoms with Crippen LogP contribution in [0.4, 0.5) is 0 Å². The van der Waals surface area contributed by atoms with Crippen molar-refractivity contribution in [2.45, 2.75) is 8.53 Å². The molecule has 0 rings (SSSR count). The molecule has 0 fully saturated rings. The number of carbonyl (C=O) groups is 6. The van der Waals surface area contributed by atoms with Crippen molar-refractivity contribution in [1.82, 2.24) is 0 Å². The summed E-state index contributed by atoms with van der Waals surface area (Å²) in [5.74, 6) is -14.1. The molecule has 0 heterocycles. The predicted molar refractivity (Wildman–Crippen MR) is 176 cm³/mol. The van der Waals surface area contributed by atoms with E-state index in [1.54, 1.807) is 0 Å². The minimum absolute atomic E-state index is 0.166. The number of hydrogen-bond acceptors (Lipinski definition) is 20. The first-order valence-electron chi connectivity index (χ1n) is 12.5. The van der Waals surface area contributed by atoms with Gasteiger partial charge in [-0.3, -0.25) is 37.1 Å². The third-order valence-corrected chi connectivity index (χ3v) is 13.6. The Bertz CT molecular complexity index is 920. The van der Waals surface area contributed by atoms with Crippen molar-refractivity contribution in [2.75, 3.05) is 74.2 Å². The van der Waals surface area contributed by atoms with Crippen molar-refractivity contribution < 1.29 is 98.4 Å². The average molecular weight is 813 g/mol. The van der Waals surface area contributed by atoms with Gasteiger partial charge in [0.15, 0.2) is 8.53 Å². The van der Waals surface area contributed by atoms with Crippen LogP contribution in [0.1, 0.15) is 0 Å². The normalized spacial score (nSPS) is 12.1. The zero-order valence-electron chi connectivity index (χ0n) is 24.6. The van der Waals surface area contributed by atoms with E-state index in [9.17, 15) is 59.4 Å². The van der Waals surface area contributed by atoms with Crippen LogP contribution in [0.2, 0.25) is 0 Å². The summed E-state index contributed by atoms with van der Waals surface area (Å²) in [4.78, 5) is 68.3. The summed E-state index contributed by atoms with van der Waals surface area (Å²) in [7, 11) is 0. The second-order valence-corrected chi connectivity index (χ2v) is 15.4. The van der Waals surface area contributed by atoms with Gasteiger partial charge in [0.2, 0.25) is 0 Å². The summed E-state index contributed by atoms with van der Waals surface area (Å²) in [5.41, 5.74) is -3.64. The maximum atomic E-state index is 11.5. The minimum Gasteiger partial charge on any atom is -0.481 e. The molecular weight excluding hydrogens is 777 g/mol. The highest BCUT2D eigenvalue weighted by molar-refractivity contribution is 8.20. The molecule has 12 N–H and O–H groups in total. The molecule has 0 aliphatic carbocycles. The zero-order chi connectivity index (χ0) is 37.6. The van der Waals surface area contributed by atoms with Gasteiger partial charge in [0, 0.05) is 24.1 Å². The average Bonchev–Trinajstić information content (AvgIpc) is 3.02. The summed E-state index contributed by atoms with van der Waals surface area (Å²) in [6.07, 6.45) is 0. The Labute approximate surface area is 297 Å². The monoisotopic (exact) mass is 812 g/mol. The van der Waals surface area contributed by atoms with E-state index in [1.807, 2.05) is 0 Å². The van der Waals surface area contributed by atoms with Crippen LogP contribution in [0.3, 0.4) is 0 Å². The fourth-order valence-corrected chi connectivity index (χ4v) is 10.1. The second-order valence-electron chi connectivity index (χ2n) is 8.85. The first-order valence-corrected chi connectivity index (χ1v) is 18.3. The van der Waals surface area contributed by atoms with E-state index in [4.69, 9.17) is 39.0 Å². The van der Waals surface area contributed by atoms with Crippen LogP contribution in [0.25, 0.3) is 0 Å². The van der Waals surface area contributed by atoms with Gasteiger partial charge in [0.05, 0.1) is 68.1 Å². The highest BCUT2D eigenvalue weighted by Crippen LogP contribution is 2.65. The summed E-state index contributed by atoms with van der Waals surface area (Å²) >= 11 is 1.45. The van der Waals surface area contributed by atoms with E-state index in [1.165, 1.54) is 0 Å². The summed E-state index contributed by atoms with van der Waals surface area (Å²) in [6.45, 7) is -4.23. The Hall–Kier alpha value is -1.40. The molecule has 0 saturated heterocycles. The van der Waals surface area contributed by atoms with Crippen molar-refractivity contribution in [3.8, 4) is 0 Å². The SMILES string of the molecule is O=C(O)CSOC(SCC(=O)O)(SCC(=O)O)C(CO)(CO)C(OSCC(=O)O)(SCC(=O)O)SCC(=O)O.OCC(CO)(CO)CO. The third-order valence-electron chi connectivity index (χ3n) is 5.30. The molecule has 0 aliphatic heterocycles. The number of rotatable bonds is 28. The highest BCUT2D eigenvalue weighted by atomic mass is 32.2. The van der Waals surface area contributed by atoms with Crippen LogP contribution < -0.4 is 0 Å². The molecule has 0 atom stereocenters. The molecule has 0 radical (unpaired) electrons. The van der Waals surface area contributed by atoms with Crippen molar-refractivity contribution >= 4 is 107 Å². The highest BCUT2D eigenvalue weighted by Gasteiger charge is 2.68. The van der Waals surface area contributed by atoms with Gasteiger partial charge in [-0.15, -0.1) is 47.0 Å². The van der Waals surface area contributed by atoms with Crippen LogP contribution in [0, 0.1) is 10.8 Å². The number of carboxylic acid groups (broad SMARTS) is 6. The Morgan fingerprint density at radius 1 is 0.396 bits per heavy atom. The quantitative estimate of drug-likeness (QED) is 0.0299.